The smallest absolute Gasteiger partial charge is 0.169 e. The Morgan fingerprint density at radius 3 is 2.74 bits per heavy atom. The molecule has 3 atom stereocenters. The van der Waals surface area contributed by atoms with Crippen LogP contribution >= 0.6 is 0 Å². The molecule has 0 amide bonds. The molecule has 0 N–H and O–H groups in total. The van der Waals surface area contributed by atoms with E-state index in [4.69, 9.17) is 14.2 Å². The van der Waals surface area contributed by atoms with Crippen LogP contribution in [-0.4, -0.2) is 20.3 Å². The Bertz CT molecular complexity index is 716. The van der Waals surface area contributed by atoms with E-state index >= 15 is 0 Å². The highest BCUT2D eigenvalue weighted by Gasteiger charge is 2.58. The first-order valence-electron chi connectivity index (χ1n) is 8.50. The number of benzene rings is 1. The number of methoxy groups -OCH3 is 2. The Morgan fingerprint density at radius 1 is 1.22 bits per heavy atom. The molecule has 0 bridgehead atoms. The Balaban J connectivity index is 2.04. The van der Waals surface area contributed by atoms with Gasteiger partial charge in [0.15, 0.2) is 17.6 Å². The van der Waals surface area contributed by atoms with E-state index < -0.39 is 0 Å². The van der Waals surface area contributed by atoms with E-state index in [1.165, 1.54) is 16.7 Å². The van der Waals surface area contributed by atoms with Crippen LogP contribution in [0, 0.1) is 5.92 Å². The van der Waals surface area contributed by atoms with Crippen molar-refractivity contribution in [3.8, 4) is 11.5 Å². The first kappa shape index (κ1) is 14.7. The van der Waals surface area contributed by atoms with Crippen molar-refractivity contribution in [1.29, 1.82) is 0 Å². The topological polar surface area (TPSA) is 27.7 Å². The second kappa shape index (κ2) is 5.05. The van der Waals surface area contributed by atoms with Gasteiger partial charge in [-0.05, 0) is 36.5 Å². The largest absolute Gasteiger partial charge is 0.497 e. The number of hydrogen-bond acceptors (Lipinski definition) is 3. The molecule has 0 spiro atoms. The van der Waals surface area contributed by atoms with Gasteiger partial charge >= 0.3 is 0 Å². The summed E-state index contributed by atoms with van der Waals surface area (Å²) in [5.74, 6) is 3.19. The van der Waals surface area contributed by atoms with Gasteiger partial charge in [-0.2, -0.15) is 0 Å². The first-order valence-corrected chi connectivity index (χ1v) is 8.50. The van der Waals surface area contributed by atoms with Crippen LogP contribution in [0.3, 0.4) is 0 Å². The Hall–Kier alpha value is -1.90. The van der Waals surface area contributed by atoms with Gasteiger partial charge in [-0.25, -0.2) is 0 Å². The summed E-state index contributed by atoms with van der Waals surface area (Å²) < 4.78 is 17.7. The predicted octanol–water partition coefficient (Wildman–Crippen LogP) is 4.16. The molecule has 122 valence electrons. The van der Waals surface area contributed by atoms with Gasteiger partial charge in [0.25, 0.3) is 0 Å². The summed E-state index contributed by atoms with van der Waals surface area (Å²) in [5, 5.41) is 0. The van der Waals surface area contributed by atoms with E-state index in [9.17, 15) is 0 Å². The molecule has 1 heterocycles. The number of rotatable bonds is 4. The van der Waals surface area contributed by atoms with Gasteiger partial charge in [0.2, 0.25) is 0 Å². The average molecular weight is 312 g/mol. The van der Waals surface area contributed by atoms with Gasteiger partial charge in [0.1, 0.15) is 5.76 Å². The maximum absolute atomic E-state index is 6.47. The van der Waals surface area contributed by atoms with Gasteiger partial charge in [-0.15, -0.1) is 0 Å². The van der Waals surface area contributed by atoms with Crippen molar-refractivity contribution in [2.75, 3.05) is 14.2 Å². The van der Waals surface area contributed by atoms with E-state index in [2.05, 4.69) is 32.1 Å². The van der Waals surface area contributed by atoms with E-state index in [0.29, 0.717) is 5.92 Å². The number of ether oxygens (including phenoxy) is 3. The zero-order valence-electron chi connectivity index (χ0n) is 14.3. The SMILES string of the molecule is CCCC12C3=CC=C(OC)C1Oc1c(OC)ccc(c12)CC3C. The molecule has 3 aliphatic rings. The van der Waals surface area contributed by atoms with E-state index in [-0.39, 0.29) is 11.5 Å². The van der Waals surface area contributed by atoms with Crippen LogP contribution in [0.1, 0.15) is 37.8 Å². The third-order valence-corrected chi connectivity index (χ3v) is 5.69. The molecular weight excluding hydrogens is 288 g/mol. The van der Waals surface area contributed by atoms with Crippen LogP contribution in [0.4, 0.5) is 0 Å². The van der Waals surface area contributed by atoms with Crippen molar-refractivity contribution in [2.24, 2.45) is 5.92 Å². The first-order chi connectivity index (χ1) is 11.2. The molecule has 3 unspecified atom stereocenters. The molecular formula is C20H24O3. The molecule has 1 aliphatic heterocycles. The molecule has 3 nitrogen and oxygen atoms in total. The Morgan fingerprint density at radius 2 is 2.04 bits per heavy atom. The lowest BCUT2D eigenvalue weighted by molar-refractivity contribution is 0.106. The zero-order chi connectivity index (χ0) is 16.2. The van der Waals surface area contributed by atoms with Crippen molar-refractivity contribution in [3.05, 3.63) is 46.7 Å². The van der Waals surface area contributed by atoms with Crippen LogP contribution < -0.4 is 9.47 Å². The van der Waals surface area contributed by atoms with Crippen LogP contribution in [0.25, 0.3) is 0 Å². The minimum atomic E-state index is -0.0916. The van der Waals surface area contributed by atoms with E-state index in [0.717, 1.165) is 36.5 Å². The molecule has 0 radical (unpaired) electrons. The fourth-order valence-corrected chi connectivity index (χ4v) is 4.91. The highest BCUT2D eigenvalue weighted by molar-refractivity contribution is 5.66. The molecule has 0 fully saturated rings. The Kier molecular flexibility index (Phi) is 3.22. The van der Waals surface area contributed by atoms with Crippen molar-refractivity contribution in [2.45, 2.75) is 44.6 Å². The highest BCUT2D eigenvalue weighted by atomic mass is 16.6. The minimum Gasteiger partial charge on any atom is -0.497 e. The maximum atomic E-state index is 6.47. The predicted molar refractivity (Wildman–Crippen MR) is 90.0 cm³/mol. The van der Waals surface area contributed by atoms with Crippen LogP contribution in [0.5, 0.6) is 11.5 Å². The average Bonchev–Trinajstić information content (AvgIpc) is 2.90. The number of hydrogen-bond donors (Lipinski definition) is 0. The van der Waals surface area contributed by atoms with Gasteiger partial charge < -0.3 is 14.2 Å². The van der Waals surface area contributed by atoms with E-state index in [1.807, 2.05) is 6.07 Å². The van der Waals surface area contributed by atoms with E-state index in [1.54, 1.807) is 14.2 Å². The normalized spacial score (nSPS) is 30.1. The van der Waals surface area contributed by atoms with Crippen molar-refractivity contribution in [1.82, 2.24) is 0 Å². The third-order valence-electron chi connectivity index (χ3n) is 5.69. The summed E-state index contributed by atoms with van der Waals surface area (Å²) in [6, 6.07) is 4.27. The lowest BCUT2D eigenvalue weighted by Gasteiger charge is -2.45. The monoisotopic (exact) mass is 312 g/mol. The fraction of sp³-hybridized carbons (Fsp3) is 0.500. The molecule has 1 aromatic carbocycles. The minimum absolute atomic E-state index is 0.0692. The summed E-state index contributed by atoms with van der Waals surface area (Å²) >= 11 is 0. The van der Waals surface area contributed by atoms with Gasteiger partial charge in [-0.3, -0.25) is 0 Å². The van der Waals surface area contributed by atoms with Crippen molar-refractivity contribution < 1.29 is 14.2 Å². The molecule has 3 heteroatoms. The molecule has 23 heavy (non-hydrogen) atoms. The van der Waals surface area contributed by atoms with Gasteiger partial charge in [-0.1, -0.05) is 38.0 Å². The lowest BCUT2D eigenvalue weighted by atomic mass is 9.57. The maximum Gasteiger partial charge on any atom is 0.169 e. The van der Waals surface area contributed by atoms with Crippen LogP contribution in [0.2, 0.25) is 0 Å². The standard InChI is InChI=1S/C20H24O3/c1-5-10-20-14-7-9-16(22-4)19(20)23-18-15(21-3)8-6-13(17(18)20)11-12(14)2/h6-9,12,19H,5,10-11H2,1-4H3. The number of allylic oxidation sites excluding steroid dienone is 2. The Labute approximate surface area is 137 Å². The van der Waals surface area contributed by atoms with Crippen LogP contribution in [0.15, 0.2) is 35.6 Å². The molecule has 2 aliphatic carbocycles. The summed E-state index contributed by atoms with van der Waals surface area (Å²) in [5.41, 5.74) is 4.14. The summed E-state index contributed by atoms with van der Waals surface area (Å²) in [7, 11) is 3.45. The summed E-state index contributed by atoms with van der Waals surface area (Å²) in [4.78, 5) is 0. The summed E-state index contributed by atoms with van der Waals surface area (Å²) in [6.45, 7) is 4.58. The van der Waals surface area contributed by atoms with Gasteiger partial charge in [0.05, 0.1) is 19.6 Å². The quantitative estimate of drug-likeness (QED) is 0.835. The second-order valence-electron chi connectivity index (χ2n) is 6.85. The second-order valence-corrected chi connectivity index (χ2v) is 6.85. The summed E-state index contributed by atoms with van der Waals surface area (Å²) in [6.07, 6.45) is 7.54. The fourth-order valence-electron chi connectivity index (χ4n) is 4.91. The van der Waals surface area contributed by atoms with Gasteiger partial charge in [0, 0.05) is 5.56 Å². The molecule has 0 saturated carbocycles. The van der Waals surface area contributed by atoms with Crippen molar-refractivity contribution in [3.63, 3.8) is 0 Å². The third kappa shape index (κ3) is 1.71. The van der Waals surface area contributed by atoms with Crippen LogP contribution in [-0.2, 0) is 16.6 Å². The molecule has 1 aromatic rings. The zero-order valence-corrected chi connectivity index (χ0v) is 14.3. The highest BCUT2D eigenvalue weighted by Crippen LogP contribution is 2.61. The molecule has 4 rings (SSSR count). The van der Waals surface area contributed by atoms with Crippen molar-refractivity contribution >= 4 is 0 Å². The molecule has 0 aromatic heterocycles. The lowest BCUT2D eigenvalue weighted by Crippen LogP contribution is -2.47. The molecule has 0 saturated heterocycles.